The van der Waals surface area contributed by atoms with Crippen LogP contribution in [0.2, 0.25) is 0 Å². The van der Waals surface area contributed by atoms with Crippen molar-refractivity contribution < 1.29 is 0 Å². The Kier molecular flexibility index (Phi) is 6.66. The van der Waals surface area contributed by atoms with E-state index in [1.54, 1.807) is 0 Å². The highest BCUT2D eigenvalue weighted by Gasteiger charge is 2.35. The van der Waals surface area contributed by atoms with E-state index in [4.69, 9.17) is 0 Å². The first-order valence-corrected chi connectivity index (χ1v) is 17.0. The molecule has 228 valence electrons. The number of hydrogen-bond acceptors (Lipinski definition) is 0. The van der Waals surface area contributed by atoms with Crippen molar-refractivity contribution in [2.24, 2.45) is 0 Å². The van der Waals surface area contributed by atoms with Crippen LogP contribution in [0.4, 0.5) is 0 Å². The summed E-state index contributed by atoms with van der Waals surface area (Å²) in [7, 11) is 0. The molecule has 9 rings (SSSR count). The van der Waals surface area contributed by atoms with Gasteiger partial charge in [0.2, 0.25) is 0 Å². The standard InChI is InChI=1S/C48H36/c1-48(2)44-25-11-10-22-40(44)43-31-36(27-29-45(43)48)35-19-12-14-32(30-35)15-13-24-39-38-21-8-9-23-41(38)46(34-17-4-3-5-18-34)47-37-20-7-6-16-33(37)26-28-42(39)47/h3-14,16-31H,15H2,1-2H3/b24-13+. The zero-order chi connectivity index (χ0) is 32.2. The minimum Gasteiger partial charge on any atom is -0.0795 e. The quantitative estimate of drug-likeness (QED) is 0.134. The molecule has 0 N–H and O–H groups in total. The predicted octanol–water partition coefficient (Wildman–Crippen LogP) is 13.0. The van der Waals surface area contributed by atoms with E-state index in [9.17, 15) is 0 Å². The Balaban J connectivity index is 1.13. The maximum absolute atomic E-state index is 2.40. The molecule has 1 aliphatic rings. The van der Waals surface area contributed by atoms with Gasteiger partial charge in [0.05, 0.1) is 0 Å². The van der Waals surface area contributed by atoms with E-state index in [1.807, 2.05) is 0 Å². The van der Waals surface area contributed by atoms with Crippen LogP contribution in [0.15, 0.2) is 164 Å². The topological polar surface area (TPSA) is 0 Å². The lowest BCUT2D eigenvalue weighted by molar-refractivity contribution is 0.660. The van der Waals surface area contributed by atoms with Crippen LogP contribution in [0.3, 0.4) is 0 Å². The molecule has 0 amide bonds. The van der Waals surface area contributed by atoms with Crippen molar-refractivity contribution in [1.29, 1.82) is 0 Å². The fourth-order valence-corrected chi connectivity index (χ4v) is 8.16. The van der Waals surface area contributed by atoms with Crippen LogP contribution in [-0.2, 0) is 11.8 Å². The minimum atomic E-state index is 0.0248. The van der Waals surface area contributed by atoms with Crippen LogP contribution in [0.5, 0.6) is 0 Å². The molecular weight excluding hydrogens is 577 g/mol. The molecule has 0 bridgehead atoms. The molecule has 0 unspecified atom stereocenters. The Hall–Kier alpha value is -5.72. The Morgan fingerprint density at radius 3 is 2.04 bits per heavy atom. The SMILES string of the molecule is CC1(C)c2ccccc2-c2cc(-c3cccc(C/C=C/c4c5ccccc5c(-c5ccccc5)c5c4ccc4ccccc45)c3)ccc21. The molecule has 48 heavy (non-hydrogen) atoms. The van der Waals surface area contributed by atoms with Gasteiger partial charge in [-0.2, -0.15) is 0 Å². The third-order valence-electron chi connectivity index (χ3n) is 10.5. The van der Waals surface area contributed by atoms with E-state index >= 15 is 0 Å². The molecule has 0 heterocycles. The number of fused-ring (bicyclic) bond motifs is 7. The van der Waals surface area contributed by atoms with Gasteiger partial charge in [-0.25, -0.2) is 0 Å². The van der Waals surface area contributed by atoms with Gasteiger partial charge < -0.3 is 0 Å². The third-order valence-corrected chi connectivity index (χ3v) is 10.5. The number of benzene rings is 8. The molecule has 0 fully saturated rings. The highest BCUT2D eigenvalue weighted by molar-refractivity contribution is 6.25. The summed E-state index contributed by atoms with van der Waals surface area (Å²) in [5, 5.41) is 7.74. The molecule has 0 saturated heterocycles. The van der Waals surface area contributed by atoms with Crippen LogP contribution < -0.4 is 0 Å². The maximum atomic E-state index is 2.40. The molecule has 0 heteroatoms. The molecule has 1 aliphatic carbocycles. The summed E-state index contributed by atoms with van der Waals surface area (Å²) < 4.78 is 0. The Labute approximate surface area is 282 Å². The van der Waals surface area contributed by atoms with Gasteiger partial charge in [-0.15, -0.1) is 0 Å². The first-order chi connectivity index (χ1) is 23.6. The first kappa shape index (κ1) is 28.5. The van der Waals surface area contributed by atoms with Crippen molar-refractivity contribution in [2.45, 2.75) is 25.7 Å². The summed E-state index contributed by atoms with van der Waals surface area (Å²) in [6, 6.07) is 58.2. The van der Waals surface area contributed by atoms with Crippen LogP contribution in [0.25, 0.3) is 71.8 Å². The Morgan fingerprint density at radius 1 is 0.479 bits per heavy atom. The lowest BCUT2D eigenvalue weighted by atomic mass is 9.82. The Morgan fingerprint density at radius 2 is 1.17 bits per heavy atom. The van der Waals surface area contributed by atoms with Crippen molar-refractivity contribution in [3.05, 3.63) is 186 Å². The van der Waals surface area contributed by atoms with Crippen molar-refractivity contribution in [3.8, 4) is 33.4 Å². The lowest BCUT2D eigenvalue weighted by Gasteiger charge is -2.21. The molecule has 8 aromatic rings. The van der Waals surface area contributed by atoms with Gasteiger partial charge in [-0.05, 0) is 100 Å². The molecule has 0 saturated carbocycles. The van der Waals surface area contributed by atoms with E-state index in [2.05, 4.69) is 184 Å². The number of rotatable bonds is 5. The predicted molar refractivity (Wildman–Crippen MR) is 207 cm³/mol. The monoisotopic (exact) mass is 612 g/mol. The second-order valence-corrected chi connectivity index (χ2v) is 13.6. The maximum Gasteiger partial charge on any atom is 0.0158 e. The zero-order valence-electron chi connectivity index (χ0n) is 27.4. The number of allylic oxidation sites excluding steroid dienone is 1. The van der Waals surface area contributed by atoms with Crippen molar-refractivity contribution in [3.63, 3.8) is 0 Å². The molecule has 0 aliphatic heterocycles. The zero-order valence-corrected chi connectivity index (χ0v) is 27.4. The highest BCUT2D eigenvalue weighted by atomic mass is 14.4. The molecule has 0 nitrogen and oxygen atoms in total. The summed E-state index contributed by atoms with van der Waals surface area (Å²) >= 11 is 0. The second kappa shape index (κ2) is 11.2. The van der Waals surface area contributed by atoms with E-state index in [0.29, 0.717) is 0 Å². The normalized spacial score (nSPS) is 13.4. The van der Waals surface area contributed by atoms with Crippen molar-refractivity contribution >= 4 is 38.4 Å². The smallest absolute Gasteiger partial charge is 0.0158 e. The van der Waals surface area contributed by atoms with E-state index in [0.717, 1.165) is 6.42 Å². The van der Waals surface area contributed by atoms with Gasteiger partial charge in [0, 0.05) is 5.41 Å². The summed E-state index contributed by atoms with van der Waals surface area (Å²) in [4.78, 5) is 0. The van der Waals surface area contributed by atoms with Gasteiger partial charge in [-0.1, -0.05) is 178 Å². The summed E-state index contributed by atoms with van der Waals surface area (Å²) in [5.41, 5.74) is 13.3. The summed E-state index contributed by atoms with van der Waals surface area (Å²) in [6.45, 7) is 4.68. The van der Waals surface area contributed by atoms with Gasteiger partial charge in [0.25, 0.3) is 0 Å². The minimum absolute atomic E-state index is 0.0248. The molecule has 0 spiro atoms. The molecule has 0 aromatic heterocycles. The van der Waals surface area contributed by atoms with Crippen molar-refractivity contribution in [2.75, 3.05) is 0 Å². The molecular formula is C48H36. The molecule has 8 aromatic carbocycles. The van der Waals surface area contributed by atoms with Gasteiger partial charge in [-0.3, -0.25) is 0 Å². The van der Waals surface area contributed by atoms with Crippen LogP contribution >= 0.6 is 0 Å². The highest BCUT2D eigenvalue weighted by Crippen LogP contribution is 2.49. The summed E-state index contributed by atoms with van der Waals surface area (Å²) in [5.74, 6) is 0. The Bertz CT molecular complexity index is 2550. The average Bonchev–Trinajstić information content (AvgIpc) is 3.37. The lowest BCUT2D eigenvalue weighted by Crippen LogP contribution is -2.14. The van der Waals surface area contributed by atoms with Crippen molar-refractivity contribution in [1.82, 2.24) is 0 Å². The van der Waals surface area contributed by atoms with Gasteiger partial charge >= 0.3 is 0 Å². The van der Waals surface area contributed by atoms with Crippen LogP contribution in [0.1, 0.15) is 36.1 Å². The average molecular weight is 613 g/mol. The largest absolute Gasteiger partial charge is 0.0795 e. The number of hydrogen-bond donors (Lipinski definition) is 0. The first-order valence-electron chi connectivity index (χ1n) is 17.0. The van der Waals surface area contributed by atoms with Gasteiger partial charge in [0.15, 0.2) is 0 Å². The molecule has 0 atom stereocenters. The second-order valence-electron chi connectivity index (χ2n) is 13.6. The fourth-order valence-electron chi connectivity index (χ4n) is 8.16. The van der Waals surface area contributed by atoms with E-state index < -0.39 is 0 Å². The van der Waals surface area contributed by atoms with Crippen LogP contribution in [0, 0.1) is 0 Å². The third kappa shape index (κ3) is 4.52. The van der Waals surface area contributed by atoms with E-state index in [1.165, 1.54) is 88.0 Å². The van der Waals surface area contributed by atoms with Gasteiger partial charge in [0.1, 0.15) is 0 Å². The molecule has 0 radical (unpaired) electrons. The van der Waals surface area contributed by atoms with E-state index in [-0.39, 0.29) is 5.41 Å². The van der Waals surface area contributed by atoms with Crippen LogP contribution in [-0.4, -0.2) is 0 Å². The summed E-state index contributed by atoms with van der Waals surface area (Å²) in [6.07, 6.45) is 5.56. The fraction of sp³-hybridized carbons (Fsp3) is 0.0833.